The Balaban J connectivity index is 0.956. The number of halogens is 8. The van der Waals surface area contributed by atoms with Gasteiger partial charge in [0.15, 0.2) is 11.6 Å². The van der Waals surface area contributed by atoms with Crippen molar-refractivity contribution in [2.75, 3.05) is 28.4 Å². The van der Waals surface area contributed by atoms with E-state index in [9.17, 15) is 0 Å². The third-order valence-corrected chi connectivity index (χ3v) is 39.7. The van der Waals surface area contributed by atoms with Gasteiger partial charge in [0.05, 0.1) is 19.5 Å². The maximum Gasteiger partial charge on any atom is 0.211 e. The van der Waals surface area contributed by atoms with Crippen LogP contribution in [-0.4, -0.2) is 102 Å². The molecule has 0 radical (unpaired) electrons. The van der Waals surface area contributed by atoms with Gasteiger partial charge in [0, 0.05) is 84.6 Å². The molecule has 26 saturated carbocycles. The molecule has 38 unspecified atom stereocenters. The second-order valence-corrected chi connectivity index (χ2v) is 33.9. The highest BCUT2D eigenvalue weighted by atomic mass is 35.5. The van der Waals surface area contributed by atoms with E-state index in [0.717, 1.165) is 12.8 Å². The van der Waals surface area contributed by atoms with Gasteiger partial charge in [-0.15, -0.1) is 92.8 Å². The van der Waals surface area contributed by atoms with Crippen LogP contribution < -0.4 is 0 Å². The van der Waals surface area contributed by atoms with Gasteiger partial charge < -0.3 is 18.9 Å². The summed E-state index contributed by atoms with van der Waals surface area (Å²) in [7, 11) is 6.87. The summed E-state index contributed by atoms with van der Waals surface area (Å²) in [4.78, 5) is 55.2. The fourth-order valence-electron chi connectivity index (χ4n) is 35.0. The molecule has 0 amide bonds. The molecule has 0 aromatic carbocycles. The molecule has 0 N–H and O–H groups in total. The minimum absolute atomic E-state index is 0.0152. The van der Waals surface area contributed by atoms with Gasteiger partial charge in [0.2, 0.25) is 5.79 Å². The first-order valence-electron chi connectivity index (χ1n) is 26.6. The molecule has 26 aliphatic rings. The fourth-order valence-corrected chi connectivity index (χ4v) is 41.6. The quantitative estimate of drug-likeness (QED) is 0.219. The molecular formula is C53H46Cl8O8. The summed E-state index contributed by atoms with van der Waals surface area (Å²) in [5.74, 6) is -8.83. The predicted molar refractivity (Wildman–Crippen MR) is 244 cm³/mol. The Labute approximate surface area is 436 Å². The lowest BCUT2D eigenvalue weighted by molar-refractivity contribution is -0.449. The van der Waals surface area contributed by atoms with E-state index in [4.69, 9.17) is 112 Å². The SMILES string of the molecule is COC1(OC)C23C4CC5CC(C6CC7C(=O)C89CC%10C(C7C(=O)C%108C7C8C2C2(Cl)C(=O)C8(Cl)C8(Cl)C7C(C9)C28Cl)C56)C2C5C6C4C14C1C7C8C(C9C21C1(Cl)C(OC)(OC)C9(Cl)C8(Cl)C71Cl)C64C(=O)C53. The van der Waals surface area contributed by atoms with Crippen LogP contribution in [0, 0.1) is 175 Å². The van der Waals surface area contributed by atoms with E-state index in [0.29, 0.717) is 19.3 Å². The van der Waals surface area contributed by atoms with Gasteiger partial charge in [-0.05, 0) is 150 Å². The summed E-state index contributed by atoms with van der Waals surface area (Å²) >= 11 is 69.2. The number of rotatable bonds is 4. The predicted octanol–water partition coefficient (Wildman–Crippen LogP) is 7.03. The fraction of sp³-hybridized carbons (Fsp3) is 0.925. The van der Waals surface area contributed by atoms with Crippen molar-refractivity contribution in [2.45, 2.75) is 82.7 Å². The van der Waals surface area contributed by atoms with E-state index >= 15 is 19.2 Å². The van der Waals surface area contributed by atoms with Crippen LogP contribution in [-0.2, 0) is 38.1 Å². The minimum Gasteiger partial charge on any atom is -0.352 e. The number of carbonyl (C=O) groups excluding carboxylic acids is 4. The summed E-state index contributed by atoms with van der Waals surface area (Å²) in [6.45, 7) is 0. The molecule has 16 heteroatoms. The molecule has 5 spiro atoms. The van der Waals surface area contributed by atoms with Crippen molar-refractivity contribution >= 4 is 116 Å². The minimum atomic E-state index is -1.86. The Morgan fingerprint density at radius 1 is 0.478 bits per heavy atom. The molecule has 69 heavy (non-hydrogen) atoms. The first kappa shape index (κ1) is 39.2. The second-order valence-electron chi connectivity index (χ2n) is 29.2. The van der Waals surface area contributed by atoms with Gasteiger partial charge in [-0.1, -0.05) is 0 Å². The highest BCUT2D eigenvalue weighted by molar-refractivity contribution is 6.61. The number of ether oxygens (including phenoxy) is 4. The largest absolute Gasteiger partial charge is 0.352 e. The van der Waals surface area contributed by atoms with E-state index in [-0.39, 0.29) is 130 Å². The van der Waals surface area contributed by atoms with Crippen LogP contribution in [0.4, 0.5) is 0 Å². The summed E-state index contributed by atoms with van der Waals surface area (Å²) < 4.78 is 29.2. The lowest BCUT2D eigenvalue weighted by Gasteiger charge is -2.84. The molecule has 8 nitrogen and oxygen atoms in total. The standard InChI is InChI=1S/C53H46Cl8O8/c1-66-52(67-2)39-14-6-10-5-12(21-20-24-22(14)43(52)31-30-27-28(41(24,43)36(64)25(20)39)33-42(21,31)51(61)49(30,59)48(27,58)50(33,60)53(51,68-3)69-4)11-7-13-18-19(17(10)11)15-8-38(34(13)62)9-16-23-26(40(15,38)35(18)63)29-32(39)45(55)37(65)44(29,54)47(23,57)46(16,45)56/h10-33H,5-9H2,1-4H3. The number of ketones is 4. The number of hydrogen-bond donors (Lipinski definition) is 0. The van der Waals surface area contributed by atoms with Crippen LogP contribution in [0.15, 0.2) is 0 Å². The van der Waals surface area contributed by atoms with Gasteiger partial charge in [0.25, 0.3) is 0 Å². The van der Waals surface area contributed by atoms with Crippen LogP contribution in [0.1, 0.15) is 32.1 Å². The Bertz CT molecular complexity index is 3120. The summed E-state index contributed by atoms with van der Waals surface area (Å²) in [6.07, 6.45) is 3.42. The van der Waals surface area contributed by atoms with Gasteiger partial charge in [-0.2, -0.15) is 0 Å². The van der Waals surface area contributed by atoms with E-state index in [1.807, 2.05) is 0 Å². The van der Waals surface area contributed by atoms with Crippen molar-refractivity contribution in [1.82, 2.24) is 0 Å². The molecule has 362 valence electrons. The third kappa shape index (κ3) is 2.00. The van der Waals surface area contributed by atoms with E-state index in [1.165, 1.54) is 0 Å². The van der Waals surface area contributed by atoms with Crippen LogP contribution in [0.2, 0.25) is 0 Å². The van der Waals surface area contributed by atoms with Crippen molar-refractivity contribution in [3.05, 3.63) is 0 Å². The first-order chi connectivity index (χ1) is 32.7. The molecule has 38 atom stereocenters. The molecule has 0 saturated heterocycles. The second kappa shape index (κ2) is 8.79. The molecule has 0 aliphatic heterocycles. The maximum absolute atomic E-state index is 17.8. The third-order valence-electron chi connectivity index (χ3n) is 32.6. The van der Waals surface area contributed by atoms with Crippen molar-refractivity contribution < 1.29 is 38.1 Å². The molecule has 26 rings (SSSR count). The van der Waals surface area contributed by atoms with Crippen molar-refractivity contribution in [3.8, 4) is 0 Å². The highest BCUT2D eigenvalue weighted by Gasteiger charge is 3.25. The summed E-state index contributed by atoms with van der Waals surface area (Å²) in [5.41, 5.74) is -5.96. The Morgan fingerprint density at radius 2 is 1.19 bits per heavy atom. The van der Waals surface area contributed by atoms with Gasteiger partial charge in [-0.25, -0.2) is 0 Å². The smallest absolute Gasteiger partial charge is 0.211 e. The zero-order valence-electron chi connectivity index (χ0n) is 37.7. The van der Waals surface area contributed by atoms with E-state index < -0.39 is 119 Å². The molecule has 0 heterocycles. The van der Waals surface area contributed by atoms with E-state index in [1.54, 1.807) is 28.4 Å². The van der Waals surface area contributed by atoms with Crippen molar-refractivity contribution in [1.29, 1.82) is 0 Å². The summed E-state index contributed by atoms with van der Waals surface area (Å²) in [6, 6.07) is 0. The van der Waals surface area contributed by atoms with E-state index in [2.05, 4.69) is 0 Å². The van der Waals surface area contributed by atoms with Crippen LogP contribution >= 0.6 is 92.8 Å². The Morgan fingerprint density at radius 3 is 1.90 bits per heavy atom. The molecule has 0 aromatic rings. The average molecular weight is 1090 g/mol. The Kier molecular flexibility index (Phi) is 5.00. The lowest BCUT2D eigenvalue weighted by Crippen LogP contribution is -2.90. The zero-order chi connectivity index (χ0) is 46.5. The average Bonchev–Trinajstić information content (AvgIpc) is 4.06. The number of alkyl halides is 8. The van der Waals surface area contributed by atoms with Gasteiger partial charge >= 0.3 is 0 Å². The molecular weight excluding hydrogens is 1050 g/mol. The number of fused-ring (bicyclic) bond motifs is 5. The zero-order valence-corrected chi connectivity index (χ0v) is 43.7. The number of Topliss-reactive ketones (excluding diaryl/α,β-unsaturated/α-hetero) is 4. The number of carbonyl (C=O) groups is 4. The van der Waals surface area contributed by atoms with Crippen LogP contribution in [0.25, 0.3) is 0 Å². The molecule has 26 aliphatic carbocycles. The first-order valence-corrected chi connectivity index (χ1v) is 29.6. The lowest BCUT2D eigenvalue weighted by atomic mass is 9.20. The molecule has 22 bridgehead atoms. The maximum atomic E-state index is 17.8. The van der Waals surface area contributed by atoms with Crippen molar-refractivity contribution in [2.24, 2.45) is 175 Å². The number of methoxy groups -OCH3 is 4. The molecule has 0 aromatic heterocycles. The Hall–Kier alpha value is 0.840. The molecule has 26 fully saturated rings. The van der Waals surface area contributed by atoms with Crippen LogP contribution in [0.5, 0.6) is 0 Å². The monoisotopic (exact) mass is 1090 g/mol. The summed E-state index contributed by atoms with van der Waals surface area (Å²) in [5, 5.41) is 0. The topological polar surface area (TPSA) is 105 Å². The van der Waals surface area contributed by atoms with Crippen molar-refractivity contribution in [3.63, 3.8) is 0 Å². The normalized spacial score (nSPS) is 84.5. The van der Waals surface area contributed by atoms with Gasteiger partial charge in [-0.3, -0.25) is 19.2 Å². The van der Waals surface area contributed by atoms with Gasteiger partial charge in [0.1, 0.15) is 36.8 Å². The highest BCUT2D eigenvalue weighted by Crippen LogP contribution is 3.17. The number of hydrogen-bond acceptors (Lipinski definition) is 8. The van der Waals surface area contributed by atoms with Crippen LogP contribution in [0.3, 0.4) is 0 Å².